The fourth-order valence-corrected chi connectivity index (χ4v) is 2.66. The molecule has 0 aromatic heterocycles. The summed E-state index contributed by atoms with van der Waals surface area (Å²) in [6.07, 6.45) is 3.28. The van der Waals surface area contributed by atoms with Crippen LogP contribution in [0.1, 0.15) is 18.9 Å². The lowest BCUT2D eigenvalue weighted by molar-refractivity contribution is 0.354. The van der Waals surface area contributed by atoms with Crippen LogP contribution in [0, 0.1) is 0 Å². The summed E-state index contributed by atoms with van der Waals surface area (Å²) in [6, 6.07) is 4.36. The molecule has 0 spiro atoms. The molecule has 0 fully saturated rings. The number of methoxy groups -OCH3 is 2. The van der Waals surface area contributed by atoms with Crippen LogP contribution in [0.25, 0.3) is 0 Å². The van der Waals surface area contributed by atoms with Crippen LogP contribution >= 0.6 is 23.4 Å². The highest BCUT2D eigenvalue weighted by atomic mass is 35.5. The average Bonchev–Trinajstić information content (AvgIpc) is 2.42. The minimum Gasteiger partial charge on any atom is -0.493 e. The molecule has 19 heavy (non-hydrogen) atoms. The van der Waals surface area contributed by atoms with Gasteiger partial charge in [0.25, 0.3) is 0 Å². The van der Waals surface area contributed by atoms with Gasteiger partial charge in [-0.25, -0.2) is 0 Å². The topological polar surface area (TPSA) is 30.5 Å². The van der Waals surface area contributed by atoms with Gasteiger partial charge >= 0.3 is 0 Å². The molecule has 3 nitrogen and oxygen atoms in total. The Labute approximate surface area is 125 Å². The molecule has 1 atom stereocenters. The van der Waals surface area contributed by atoms with Gasteiger partial charge in [0, 0.05) is 12.6 Å². The van der Waals surface area contributed by atoms with Crippen molar-refractivity contribution >= 4 is 23.4 Å². The highest BCUT2D eigenvalue weighted by Gasteiger charge is 2.11. The van der Waals surface area contributed by atoms with E-state index in [9.17, 15) is 0 Å². The quantitative estimate of drug-likeness (QED) is 0.795. The van der Waals surface area contributed by atoms with E-state index in [0.717, 1.165) is 18.5 Å². The van der Waals surface area contributed by atoms with E-state index in [4.69, 9.17) is 21.1 Å². The molecule has 1 unspecified atom stereocenters. The maximum Gasteiger partial charge on any atom is 0.179 e. The van der Waals surface area contributed by atoms with Crippen molar-refractivity contribution in [3.63, 3.8) is 0 Å². The normalized spacial score (nSPS) is 12.3. The molecular formula is C14H22ClNO2S. The van der Waals surface area contributed by atoms with Crippen LogP contribution in [0.15, 0.2) is 12.1 Å². The molecular weight excluding hydrogens is 282 g/mol. The standard InChI is InChI=1S/C14H22ClNO2S/c1-10(5-6-19-4)16-9-11-7-12(15)14(18-3)13(8-11)17-2/h7-8,10,16H,5-6,9H2,1-4H3. The SMILES string of the molecule is COc1cc(CNC(C)CCSC)cc(Cl)c1OC. The number of benzene rings is 1. The van der Waals surface area contributed by atoms with E-state index in [2.05, 4.69) is 18.5 Å². The molecule has 1 aromatic rings. The van der Waals surface area contributed by atoms with Crippen LogP contribution in [-0.4, -0.2) is 32.3 Å². The summed E-state index contributed by atoms with van der Waals surface area (Å²) in [7, 11) is 3.21. The minimum atomic E-state index is 0.485. The fraction of sp³-hybridized carbons (Fsp3) is 0.571. The molecule has 0 heterocycles. The third-order valence-corrected chi connectivity index (χ3v) is 3.83. The lowest BCUT2D eigenvalue weighted by Gasteiger charge is -2.15. The smallest absolute Gasteiger partial charge is 0.179 e. The molecule has 0 radical (unpaired) electrons. The first-order chi connectivity index (χ1) is 9.12. The van der Waals surface area contributed by atoms with Gasteiger partial charge in [-0.15, -0.1) is 0 Å². The number of rotatable bonds is 8. The zero-order valence-electron chi connectivity index (χ0n) is 12.0. The number of halogens is 1. The number of ether oxygens (including phenoxy) is 2. The first-order valence-electron chi connectivity index (χ1n) is 6.25. The second kappa shape index (κ2) is 8.56. The summed E-state index contributed by atoms with van der Waals surface area (Å²) in [6.45, 7) is 2.97. The summed E-state index contributed by atoms with van der Waals surface area (Å²) < 4.78 is 10.5. The van der Waals surface area contributed by atoms with Crippen LogP contribution in [0.4, 0.5) is 0 Å². The summed E-state index contributed by atoms with van der Waals surface area (Å²) in [5.41, 5.74) is 1.10. The Morgan fingerprint density at radius 1 is 1.32 bits per heavy atom. The van der Waals surface area contributed by atoms with Crippen molar-refractivity contribution in [1.82, 2.24) is 5.32 Å². The van der Waals surface area contributed by atoms with Gasteiger partial charge in [-0.05, 0) is 43.0 Å². The minimum absolute atomic E-state index is 0.485. The molecule has 0 bridgehead atoms. The number of hydrogen-bond donors (Lipinski definition) is 1. The Bertz CT molecular complexity index is 401. The molecule has 108 valence electrons. The Balaban J connectivity index is 2.66. The highest BCUT2D eigenvalue weighted by Crippen LogP contribution is 2.35. The Hall–Kier alpha value is -0.580. The van der Waals surface area contributed by atoms with Gasteiger partial charge in [-0.2, -0.15) is 11.8 Å². The summed E-state index contributed by atoms with van der Waals surface area (Å²) in [5.74, 6) is 2.42. The first kappa shape index (κ1) is 16.5. The third-order valence-electron chi connectivity index (χ3n) is 2.90. The van der Waals surface area contributed by atoms with Gasteiger partial charge in [0.15, 0.2) is 11.5 Å². The number of thioether (sulfide) groups is 1. The molecule has 0 saturated carbocycles. The Morgan fingerprint density at radius 2 is 2.05 bits per heavy atom. The van der Waals surface area contributed by atoms with E-state index in [1.807, 2.05) is 23.9 Å². The average molecular weight is 304 g/mol. The largest absolute Gasteiger partial charge is 0.493 e. The van der Waals surface area contributed by atoms with Crippen molar-refractivity contribution in [3.8, 4) is 11.5 Å². The molecule has 0 aliphatic heterocycles. The van der Waals surface area contributed by atoms with Crippen molar-refractivity contribution in [3.05, 3.63) is 22.7 Å². The number of hydrogen-bond acceptors (Lipinski definition) is 4. The maximum absolute atomic E-state index is 6.18. The molecule has 0 aliphatic rings. The van der Waals surface area contributed by atoms with Crippen LogP contribution in [-0.2, 0) is 6.54 Å². The van der Waals surface area contributed by atoms with Gasteiger partial charge in [-0.1, -0.05) is 11.6 Å². The van der Waals surface area contributed by atoms with E-state index in [1.54, 1.807) is 14.2 Å². The summed E-state index contributed by atoms with van der Waals surface area (Å²) in [4.78, 5) is 0. The van der Waals surface area contributed by atoms with Crippen molar-refractivity contribution in [2.24, 2.45) is 0 Å². The van der Waals surface area contributed by atoms with Gasteiger partial charge < -0.3 is 14.8 Å². The maximum atomic E-state index is 6.18. The highest BCUT2D eigenvalue weighted by molar-refractivity contribution is 7.98. The van der Waals surface area contributed by atoms with Crippen molar-refractivity contribution < 1.29 is 9.47 Å². The zero-order valence-corrected chi connectivity index (χ0v) is 13.5. The molecule has 1 rings (SSSR count). The predicted molar refractivity (Wildman–Crippen MR) is 83.9 cm³/mol. The van der Waals surface area contributed by atoms with E-state index >= 15 is 0 Å². The fourth-order valence-electron chi connectivity index (χ4n) is 1.76. The van der Waals surface area contributed by atoms with Crippen LogP contribution in [0.3, 0.4) is 0 Å². The van der Waals surface area contributed by atoms with Crippen LogP contribution in [0.5, 0.6) is 11.5 Å². The zero-order chi connectivity index (χ0) is 14.3. The van der Waals surface area contributed by atoms with Gasteiger partial charge in [0.2, 0.25) is 0 Å². The lowest BCUT2D eigenvalue weighted by Crippen LogP contribution is -2.26. The van der Waals surface area contributed by atoms with E-state index in [1.165, 1.54) is 5.75 Å². The second-order valence-electron chi connectivity index (χ2n) is 4.38. The lowest BCUT2D eigenvalue weighted by atomic mass is 10.1. The molecule has 0 saturated heterocycles. The van der Waals surface area contributed by atoms with E-state index < -0.39 is 0 Å². The van der Waals surface area contributed by atoms with E-state index in [0.29, 0.717) is 22.6 Å². The molecule has 5 heteroatoms. The summed E-state index contributed by atoms with van der Waals surface area (Å²) in [5, 5.41) is 4.06. The molecule has 1 N–H and O–H groups in total. The molecule has 1 aromatic carbocycles. The van der Waals surface area contributed by atoms with Crippen LogP contribution in [0.2, 0.25) is 5.02 Å². The number of nitrogens with one attached hydrogen (secondary N) is 1. The molecule has 0 aliphatic carbocycles. The van der Waals surface area contributed by atoms with Crippen molar-refractivity contribution in [2.45, 2.75) is 25.9 Å². The van der Waals surface area contributed by atoms with Gasteiger partial charge in [0.05, 0.1) is 19.2 Å². The summed E-state index contributed by atoms with van der Waals surface area (Å²) >= 11 is 8.04. The second-order valence-corrected chi connectivity index (χ2v) is 5.77. The predicted octanol–water partition coefficient (Wildman–Crippen LogP) is 3.59. The first-order valence-corrected chi connectivity index (χ1v) is 8.02. The Kier molecular flexibility index (Phi) is 7.42. The third kappa shape index (κ3) is 5.13. The van der Waals surface area contributed by atoms with Crippen molar-refractivity contribution in [1.29, 1.82) is 0 Å². The van der Waals surface area contributed by atoms with Crippen molar-refractivity contribution in [2.75, 3.05) is 26.2 Å². The monoisotopic (exact) mass is 303 g/mol. The Morgan fingerprint density at radius 3 is 2.63 bits per heavy atom. The van der Waals surface area contributed by atoms with Gasteiger partial charge in [-0.3, -0.25) is 0 Å². The van der Waals surface area contributed by atoms with Crippen LogP contribution < -0.4 is 14.8 Å². The van der Waals surface area contributed by atoms with E-state index in [-0.39, 0.29) is 0 Å². The van der Waals surface area contributed by atoms with Gasteiger partial charge in [0.1, 0.15) is 0 Å². The molecule has 0 amide bonds.